The lowest BCUT2D eigenvalue weighted by atomic mass is 10.3. The molecular formula is C12H7BrN2O5. The summed E-state index contributed by atoms with van der Waals surface area (Å²) < 4.78 is 5.91. The molecule has 0 spiro atoms. The topological polar surface area (TPSA) is 95.5 Å². The molecule has 0 aromatic heterocycles. The van der Waals surface area contributed by atoms with E-state index in [2.05, 4.69) is 15.9 Å². The number of hydrogen-bond acceptors (Lipinski definition) is 5. The molecule has 0 bridgehead atoms. The minimum atomic E-state index is -0.513. The normalized spacial score (nSPS) is 10.1. The van der Waals surface area contributed by atoms with Crippen LogP contribution in [0.3, 0.4) is 0 Å². The summed E-state index contributed by atoms with van der Waals surface area (Å²) in [5.41, 5.74) is -0.104. The highest BCUT2D eigenvalue weighted by molar-refractivity contribution is 9.10. The maximum atomic E-state index is 10.6. The van der Waals surface area contributed by atoms with Gasteiger partial charge in [-0.15, -0.1) is 0 Å². The Morgan fingerprint density at radius 3 is 1.95 bits per heavy atom. The van der Waals surface area contributed by atoms with E-state index in [0.717, 1.165) is 0 Å². The monoisotopic (exact) mass is 338 g/mol. The molecular weight excluding hydrogens is 332 g/mol. The number of nitro benzene ring substituents is 2. The van der Waals surface area contributed by atoms with Gasteiger partial charge in [-0.2, -0.15) is 0 Å². The van der Waals surface area contributed by atoms with E-state index >= 15 is 0 Å². The van der Waals surface area contributed by atoms with E-state index in [0.29, 0.717) is 16.0 Å². The number of nitrogens with zero attached hydrogens (tertiary/aromatic N) is 2. The van der Waals surface area contributed by atoms with Crippen LogP contribution in [0.15, 0.2) is 46.9 Å². The number of non-ortho nitro benzene ring substituents is 2. The van der Waals surface area contributed by atoms with E-state index < -0.39 is 9.85 Å². The zero-order valence-electron chi connectivity index (χ0n) is 9.86. The van der Waals surface area contributed by atoms with Crippen molar-refractivity contribution in [1.82, 2.24) is 0 Å². The molecule has 0 amide bonds. The zero-order chi connectivity index (χ0) is 14.7. The van der Waals surface area contributed by atoms with Gasteiger partial charge in [0.25, 0.3) is 11.4 Å². The van der Waals surface area contributed by atoms with Crippen LogP contribution >= 0.6 is 15.9 Å². The molecule has 0 radical (unpaired) electrons. The summed E-state index contributed by atoms with van der Waals surface area (Å²) in [5, 5.41) is 21.1. The average molecular weight is 339 g/mol. The van der Waals surface area contributed by atoms with Crippen molar-refractivity contribution >= 4 is 27.3 Å². The van der Waals surface area contributed by atoms with Crippen LogP contribution in [0.2, 0.25) is 0 Å². The SMILES string of the molecule is O=[N+]([O-])c1ccc(Oc2ccc([N+](=O)[O-])cc2Br)cc1. The van der Waals surface area contributed by atoms with Crippen molar-refractivity contribution in [3.05, 3.63) is 67.2 Å². The molecule has 0 aliphatic carbocycles. The molecule has 2 aromatic rings. The minimum absolute atomic E-state index is 0.0416. The highest BCUT2D eigenvalue weighted by atomic mass is 79.9. The molecule has 0 saturated carbocycles. The van der Waals surface area contributed by atoms with Crippen molar-refractivity contribution in [1.29, 1.82) is 0 Å². The van der Waals surface area contributed by atoms with Crippen molar-refractivity contribution in [2.75, 3.05) is 0 Å². The lowest BCUT2D eigenvalue weighted by Crippen LogP contribution is -1.91. The molecule has 2 aromatic carbocycles. The minimum Gasteiger partial charge on any atom is -0.456 e. The van der Waals surface area contributed by atoms with Crippen LogP contribution in [0.1, 0.15) is 0 Å². The second-order valence-electron chi connectivity index (χ2n) is 3.72. The molecule has 2 rings (SSSR count). The molecule has 0 aliphatic rings. The summed E-state index contributed by atoms with van der Waals surface area (Å²) in [6.45, 7) is 0. The summed E-state index contributed by atoms with van der Waals surface area (Å²) >= 11 is 3.17. The molecule has 20 heavy (non-hydrogen) atoms. The van der Waals surface area contributed by atoms with Gasteiger partial charge in [0.15, 0.2) is 0 Å². The van der Waals surface area contributed by atoms with Crippen molar-refractivity contribution in [2.24, 2.45) is 0 Å². The molecule has 0 atom stereocenters. The van der Waals surface area contributed by atoms with Crippen LogP contribution in [0.25, 0.3) is 0 Å². The van der Waals surface area contributed by atoms with E-state index in [-0.39, 0.29) is 11.4 Å². The molecule has 0 saturated heterocycles. The first-order valence-corrected chi connectivity index (χ1v) is 6.13. The van der Waals surface area contributed by atoms with E-state index in [1.54, 1.807) is 0 Å². The fourth-order valence-electron chi connectivity index (χ4n) is 1.45. The van der Waals surface area contributed by atoms with Gasteiger partial charge in [-0.1, -0.05) is 0 Å². The predicted molar refractivity (Wildman–Crippen MR) is 74.0 cm³/mol. The second-order valence-corrected chi connectivity index (χ2v) is 4.58. The van der Waals surface area contributed by atoms with Gasteiger partial charge in [-0.05, 0) is 34.1 Å². The standard InChI is InChI=1S/C12H7BrN2O5/c13-11-7-9(15(18)19)3-6-12(11)20-10-4-1-8(2-5-10)14(16)17/h1-7H. The van der Waals surface area contributed by atoms with Crippen LogP contribution in [0.4, 0.5) is 11.4 Å². The first-order valence-electron chi connectivity index (χ1n) is 5.33. The summed E-state index contributed by atoms with van der Waals surface area (Å²) in [6, 6.07) is 9.61. The smallest absolute Gasteiger partial charge is 0.270 e. The Morgan fingerprint density at radius 1 is 0.900 bits per heavy atom. The lowest BCUT2D eigenvalue weighted by Gasteiger charge is -2.07. The summed E-state index contributed by atoms with van der Waals surface area (Å²) in [5.74, 6) is 0.773. The summed E-state index contributed by atoms with van der Waals surface area (Å²) in [4.78, 5) is 20.1. The Balaban J connectivity index is 2.21. The summed E-state index contributed by atoms with van der Waals surface area (Å²) in [7, 11) is 0. The molecule has 0 unspecified atom stereocenters. The van der Waals surface area contributed by atoms with Crippen molar-refractivity contribution in [2.45, 2.75) is 0 Å². The van der Waals surface area contributed by atoms with E-state index in [9.17, 15) is 20.2 Å². The molecule has 8 heteroatoms. The first-order chi connectivity index (χ1) is 9.47. The van der Waals surface area contributed by atoms with E-state index in [4.69, 9.17) is 4.74 Å². The Kier molecular flexibility index (Phi) is 3.94. The van der Waals surface area contributed by atoms with Crippen LogP contribution in [0.5, 0.6) is 11.5 Å². The van der Waals surface area contributed by atoms with Crippen molar-refractivity contribution < 1.29 is 14.6 Å². The molecule has 0 N–H and O–H groups in total. The number of hydrogen-bond donors (Lipinski definition) is 0. The van der Waals surface area contributed by atoms with Gasteiger partial charge >= 0.3 is 0 Å². The Labute approximate surface area is 121 Å². The second kappa shape index (κ2) is 5.66. The number of ether oxygens (including phenoxy) is 1. The molecule has 0 heterocycles. The maximum absolute atomic E-state index is 10.6. The fourth-order valence-corrected chi connectivity index (χ4v) is 1.90. The van der Waals surface area contributed by atoms with Gasteiger partial charge < -0.3 is 4.74 Å². The molecule has 0 aliphatic heterocycles. The van der Waals surface area contributed by atoms with Crippen LogP contribution in [0, 0.1) is 20.2 Å². The van der Waals surface area contributed by atoms with Gasteiger partial charge in [-0.3, -0.25) is 20.2 Å². The third kappa shape index (κ3) is 3.09. The predicted octanol–water partition coefficient (Wildman–Crippen LogP) is 4.06. The number of nitro groups is 2. The van der Waals surface area contributed by atoms with Gasteiger partial charge in [0.1, 0.15) is 11.5 Å². The Hall–Kier alpha value is -2.48. The largest absolute Gasteiger partial charge is 0.456 e. The highest BCUT2D eigenvalue weighted by Crippen LogP contribution is 2.33. The van der Waals surface area contributed by atoms with Gasteiger partial charge in [0.2, 0.25) is 0 Å². The van der Waals surface area contributed by atoms with Crippen LogP contribution in [-0.4, -0.2) is 9.85 Å². The van der Waals surface area contributed by atoms with Crippen LogP contribution < -0.4 is 4.74 Å². The van der Waals surface area contributed by atoms with Gasteiger partial charge in [0.05, 0.1) is 14.3 Å². The number of halogens is 1. The van der Waals surface area contributed by atoms with Crippen molar-refractivity contribution in [3.8, 4) is 11.5 Å². The van der Waals surface area contributed by atoms with E-state index in [1.807, 2.05) is 0 Å². The maximum Gasteiger partial charge on any atom is 0.270 e. The third-order valence-electron chi connectivity index (χ3n) is 2.40. The Morgan fingerprint density at radius 2 is 1.45 bits per heavy atom. The molecule has 102 valence electrons. The quantitative estimate of drug-likeness (QED) is 0.618. The van der Waals surface area contributed by atoms with Crippen LogP contribution in [-0.2, 0) is 0 Å². The lowest BCUT2D eigenvalue weighted by molar-refractivity contribution is -0.385. The third-order valence-corrected chi connectivity index (χ3v) is 3.02. The molecule has 7 nitrogen and oxygen atoms in total. The highest BCUT2D eigenvalue weighted by Gasteiger charge is 2.11. The van der Waals surface area contributed by atoms with E-state index in [1.165, 1.54) is 42.5 Å². The average Bonchev–Trinajstić information content (AvgIpc) is 2.41. The Bertz CT molecular complexity index is 672. The number of benzene rings is 2. The summed E-state index contributed by atoms with van der Waals surface area (Å²) in [6.07, 6.45) is 0. The zero-order valence-corrected chi connectivity index (χ0v) is 11.4. The molecule has 0 fully saturated rings. The fraction of sp³-hybridized carbons (Fsp3) is 0. The van der Waals surface area contributed by atoms with Gasteiger partial charge in [-0.25, -0.2) is 0 Å². The van der Waals surface area contributed by atoms with Gasteiger partial charge in [0, 0.05) is 24.3 Å². The number of rotatable bonds is 4. The first kappa shape index (κ1) is 13.9. The van der Waals surface area contributed by atoms with Crippen molar-refractivity contribution in [3.63, 3.8) is 0 Å².